The maximum absolute atomic E-state index is 2.20. The third-order valence-corrected chi connectivity index (χ3v) is 1.91. The fraction of sp³-hybridized carbons (Fsp3) is 0.231. The second kappa shape index (κ2) is 7.61. The van der Waals surface area contributed by atoms with Crippen molar-refractivity contribution >= 4 is 0 Å². The zero-order chi connectivity index (χ0) is 9.52. The quantitative estimate of drug-likeness (QED) is 0.512. The molecule has 2 aromatic carbocycles. The van der Waals surface area contributed by atoms with E-state index in [1.807, 2.05) is 30.3 Å². The van der Waals surface area contributed by atoms with Crippen molar-refractivity contribution in [2.75, 3.05) is 0 Å². The zero-order valence-corrected chi connectivity index (χ0v) is 9.73. The van der Waals surface area contributed by atoms with Gasteiger partial charge in [-0.2, -0.15) is 35.9 Å². The van der Waals surface area contributed by atoms with Gasteiger partial charge in [0.1, 0.15) is 0 Å². The summed E-state index contributed by atoms with van der Waals surface area (Å²) in [7, 11) is 0. The van der Waals surface area contributed by atoms with Gasteiger partial charge in [0.15, 0.2) is 0 Å². The van der Waals surface area contributed by atoms with Crippen LogP contribution in [0, 0.1) is 0 Å². The first-order valence-electron chi connectivity index (χ1n) is 4.69. The molecule has 0 heterocycles. The van der Waals surface area contributed by atoms with Gasteiger partial charge in [0.05, 0.1) is 0 Å². The Balaban J connectivity index is 0.000000246. The molecule has 0 unspecified atom stereocenters. The van der Waals surface area contributed by atoms with E-state index in [1.54, 1.807) is 0 Å². The summed E-state index contributed by atoms with van der Waals surface area (Å²) in [6, 6.07) is 18.5. The van der Waals surface area contributed by atoms with E-state index in [0.717, 1.165) is 0 Å². The second-order valence-electron chi connectivity index (χ2n) is 3.34. The van der Waals surface area contributed by atoms with Crippen molar-refractivity contribution in [3.8, 4) is 0 Å². The third kappa shape index (κ3) is 5.06. The molecule has 0 aliphatic rings. The Morgan fingerprint density at radius 3 is 1.64 bits per heavy atom. The predicted octanol–water partition coefficient (Wildman–Crippen LogP) is 3.93. The summed E-state index contributed by atoms with van der Waals surface area (Å²) in [5.41, 5.74) is 1.44. The zero-order valence-electron chi connectivity index (χ0n) is 8.63. The van der Waals surface area contributed by atoms with Crippen LogP contribution in [0.25, 0.3) is 0 Å². The number of rotatable bonds is 1. The molecule has 0 bridgehead atoms. The molecule has 0 aliphatic heterocycles. The molecule has 2 aromatic rings. The Hall–Kier alpha value is -0.781. The average Bonchev–Trinajstić information content (AvgIpc) is 2.82. The van der Waals surface area contributed by atoms with E-state index in [1.165, 1.54) is 5.56 Å². The summed E-state index contributed by atoms with van der Waals surface area (Å²) in [5.74, 6) is 0.685. The van der Waals surface area contributed by atoms with Crippen LogP contribution in [0.3, 0.4) is 0 Å². The molecule has 0 nitrogen and oxygen atoms in total. The Morgan fingerprint density at radius 2 is 1.43 bits per heavy atom. The first-order valence-corrected chi connectivity index (χ1v) is 4.69. The van der Waals surface area contributed by atoms with E-state index < -0.39 is 0 Å². The van der Waals surface area contributed by atoms with Gasteiger partial charge in [-0.15, -0.1) is 0 Å². The maximum atomic E-state index is 2.20. The van der Waals surface area contributed by atoms with E-state index in [4.69, 9.17) is 0 Å². The van der Waals surface area contributed by atoms with Gasteiger partial charge in [0.25, 0.3) is 0 Å². The fourth-order valence-corrected chi connectivity index (χ4v) is 1.09. The van der Waals surface area contributed by atoms with Crippen molar-refractivity contribution in [1.29, 1.82) is 0 Å². The van der Waals surface area contributed by atoms with Gasteiger partial charge in [-0.05, 0) is 0 Å². The van der Waals surface area contributed by atoms with Gasteiger partial charge in [0.2, 0.25) is 0 Å². The van der Waals surface area contributed by atoms with E-state index in [-0.39, 0.29) is 17.1 Å². The average molecular weight is 228 g/mol. The van der Waals surface area contributed by atoms with Crippen molar-refractivity contribution in [2.45, 2.75) is 19.8 Å². The van der Waals surface area contributed by atoms with Gasteiger partial charge in [0, 0.05) is 0 Å². The van der Waals surface area contributed by atoms with Gasteiger partial charge >= 0.3 is 17.1 Å². The molecular weight excluding hydrogens is 212 g/mol. The second-order valence-corrected chi connectivity index (χ2v) is 3.34. The van der Waals surface area contributed by atoms with Gasteiger partial charge < -0.3 is 0 Å². The Bertz CT molecular complexity index is 260. The molecule has 0 aliphatic carbocycles. The van der Waals surface area contributed by atoms with Gasteiger partial charge in [-0.25, -0.2) is 24.3 Å². The molecule has 0 atom stereocenters. The van der Waals surface area contributed by atoms with Crippen LogP contribution < -0.4 is 0 Å². The van der Waals surface area contributed by atoms with Crippen LogP contribution >= 0.6 is 0 Å². The first kappa shape index (κ1) is 13.2. The summed E-state index contributed by atoms with van der Waals surface area (Å²) in [4.78, 5) is 0. The molecule has 0 fully saturated rings. The van der Waals surface area contributed by atoms with E-state index in [9.17, 15) is 0 Å². The van der Waals surface area contributed by atoms with Crippen molar-refractivity contribution in [3.05, 3.63) is 60.2 Å². The van der Waals surface area contributed by atoms with E-state index >= 15 is 0 Å². The van der Waals surface area contributed by atoms with Gasteiger partial charge in [-0.1, -0.05) is 19.8 Å². The predicted molar refractivity (Wildman–Crippen MR) is 58.2 cm³/mol. The van der Waals surface area contributed by atoms with Crippen LogP contribution in [-0.2, 0) is 17.1 Å². The first-order chi connectivity index (χ1) is 6.30. The minimum Gasteiger partial charge on any atom is -0.214 e. The molecule has 0 N–H and O–H groups in total. The maximum Gasteiger partial charge on any atom is 2.00 e. The van der Waals surface area contributed by atoms with Crippen LogP contribution in [0.2, 0.25) is 0 Å². The molecule has 0 spiro atoms. The summed E-state index contributed by atoms with van der Waals surface area (Å²) in [6.07, 6.45) is 0. The van der Waals surface area contributed by atoms with Crippen LogP contribution in [-0.4, -0.2) is 0 Å². The molecule has 2 rings (SSSR count). The molecular formula is C13H16Fe. The molecule has 76 valence electrons. The molecule has 0 saturated heterocycles. The largest absolute Gasteiger partial charge is 2.00 e. The molecule has 0 amide bonds. The summed E-state index contributed by atoms with van der Waals surface area (Å²) in [5, 5.41) is 0. The third-order valence-electron chi connectivity index (χ3n) is 1.91. The fourth-order valence-electron chi connectivity index (χ4n) is 1.09. The monoisotopic (exact) mass is 228 g/mol. The van der Waals surface area contributed by atoms with Crippen molar-refractivity contribution < 1.29 is 17.1 Å². The minimum absolute atomic E-state index is 0. The normalized spacial score (nSPS) is 8.79. The van der Waals surface area contributed by atoms with Crippen LogP contribution in [0.4, 0.5) is 0 Å². The van der Waals surface area contributed by atoms with E-state index in [0.29, 0.717) is 5.92 Å². The van der Waals surface area contributed by atoms with Crippen molar-refractivity contribution in [3.63, 3.8) is 0 Å². The summed E-state index contributed by atoms with van der Waals surface area (Å²) in [6.45, 7) is 4.41. The van der Waals surface area contributed by atoms with Gasteiger partial charge in [-0.3, -0.25) is 0 Å². The van der Waals surface area contributed by atoms with Crippen molar-refractivity contribution in [2.24, 2.45) is 0 Å². The SMILES string of the molecule is CC(C)[c-]1cccc1.[Fe+2].c1cc[cH-]c1. The smallest absolute Gasteiger partial charge is 0.214 e. The molecule has 0 radical (unpaired) electrons. The molecule has 1 heteroatoms. The summed E-state index contributed by atoms with van der Waals surface area (Å²) < 4.78 is 0. The van der Waals surface area contributed by atoms with E-state index in [2.05, 4.69) is 38.1 Å². The van der Waals surface area contributed by atoms with Crippen LogP contribution in [0.1, 0.15) is 25.3 Å². The minimum atomic E-state index is 0. The van der Waals surface area contributed by atoms with Crippen molar-refractivity contribution in [1.82, 2.24) is 0 Å². The number of hydrogen-bond acceptors (Lipinski definition) is 0. The Kier molecular flexibility index (Phi) is 7.18. The van der Waals surface area contributed by atoms with Crippen LogP contribution in [0.15, 0.2) is 54.6 Å². The molecule has 0 aromatic heterocycles. The van der Waals surface area contributed by atoms with Crippen LogP contribution in [0.5, 0.6) is 0 Å². The Labute approximate surface area is 97.2 Å². The summed E-state index contributed by atoms with van der Waals surface area (Å²) >= 11 is 0. The molecule has 14 heavy (non-hydrogen) atoms. The number of hydrogen-bond donors (Lipinski definition) is 0. The Morgan fingerprint density at radius 1 is 0.929 bits per heavy atom. The molecule has 0 saturated carbocycles. The topological polar surface area (TPSA) is 0 Å². The standard InChI is InChI=1S/C8H11.C5H5.Fe/c1-7(2)8-5-3-4-6-8;1-2-4-5-3-1;/h3-7H,1-2H3;1-5H;/q2*-1;+2.